The molecule has 11 heavy (non-hydrogen) atoms. The van der Waals surface area contributed by atoms with Crippen LogP contribution in [0.3, 0.4) is 0 Å². The van der Waals surface area contributed by atoms with Crippen LogP contribution in [0.1, 0.15) is 13.3 Å². The van der Waals surface area contributed by atoms with Crippen molar-refractivity contribution in [3.05, 3.63) is 0 Å². The summed E-state index contributed by atoms with van der Waals surface area (Å²) in [5.74, 6) is 0. The Bertz CT molecular complexity index is 201. The van der Waals surface area contributed by atoms with Gasteiger partial charge in [0.25, 0.3) is 0 Å². The van der Waals surface area contributed by atoms with Gasteiger partial charge in [-0.15, -0.1) is 3.89 Å². The van der Waals surface area contributed by atoms with Crippen molar-refractivity contribution in [2.24, 2.45) is 0 Å². The highest BCUT2D eigenvalue weighted by Crippen LogP contribution is 2.06. The van der Waals surface area contributed by atoms with Gasteiger partial charge in [0.2, 0.25) is 0 Å². The van der Waals surface area contributed by atoms with E-state index in [0.717, 1.165) is 0 Å². The molecule has 3 nitrogen and oxygen atoms in total. The van der Waals surface area contributed by atoms with Crippen molar-refractivity contribution in [2.45, 2.75) is 18.6 Å². The summed E-state index contributed by atoms with van der Waals surface area (Å²) in [6.45, 7) is 1.96. The summed E-state index contributed by atoms with van der Waals surface area (Å²) >= 11 is 0. The Morgan fingerprint density at radius 3 is 2.18 bits per heavy atom. The first-order valence-electron chi connectivity index (χ1n) is 3.42. The highest BCUT2D eigenvalue weighted by molar-refractivity contribution is 7.86. The van der Waals surface area contributed by atoms with Gasteiger partial charge in [-0.3, -0.25) is 0 Å². The minimum Gasteiger partial charge on any atom is -0.309 e. The molecule has 0 aliphatic carbocycles. The summed E-state index contributed by atoms with van der Waals surface area (Å²) in [6.07, 6.45) is 0.339. The third-order valence-electron chi connectivity index (χ3n) is 1.46. The molecule has 68 valence electrons. The molecule has 0 saturated heterocycles. The van der Waals surface area contributed by atoms with E-state index in [9.17, 15) is 12.3 Å². The minimum atomic E-state index is -4.33. The van der Waals surface area contributed by atoms with Gasteiger partial charge < -0.3 is 4.90 Å². The van der Waals surface area contributed by atoms with Gasteiger partial charge in [-0.05, 0) is 34.0 Å². The number of rotatable bonds is 4. The van der Waals surface area contributed by atoms with Gasteiger partial charge in [0, 0.05) is 0 Å². The van der Waals surface area contributed by atoms with Crippen LogP contribution in [-0.2, 0) is 10.2 Å². The zero-order valence-electron chi connectivity index (χ0n) is 7.04. The molecule has 0 N–H and O–H groups in total. The molecular weight excluding hydrogens is 169 g/mol. The summed E-state index contributed by atoms with van der Waals surface area (Å²) in [7, 11) is -0.691. The predicted molar refractivity (Wildman–Crippen MR) is 42.7 cm³/mol. The summed E-state index contributed by atoms with van der Waals surface area (Å²) in [5, 5.41) is -0.884. The van der Waals surface area contributed by atoms with Crippen LogP contribution >= 0.6 is 0 Å². The molecule has 0 rings (SSSR count). The largest absolute Gasteiger partial charge is 0.309 e. The van der Waals surface area contributed by atoms with Gasteiger partial charge >= 0.3 is 10.2 Å². The SMILES string of the molecule is CC(CCN(C)C)S(=O)(=O)F. The lowest BCUT2D eigenvalue weighted by Crippen LogP contribution is -2.21. The third-order valence-corrected chi connectivity index (χ3v) is 2.66. The van der Waals surface area contributed by atoms with Gasteiger partial charge in [-0.1, -0.05) is 0 Å². The molecule has 0 heterocycles. The lowest BCUT2D eigenvalue weighted by atomic mass is 10.3. The molecule has 0 bridgehead atoms. The molecule has 1 unspecified atom stereocenters. The van der Waals surface area contributed by atoms with Crippen molar-refractivity contribution in [2.75, 3.05) is 20.6 Å². The second-order valence-corrected chi connectivity index (χ2v) is 4.63. The molecule has 0 aliphatic rings. The highest BCUT2D eigenvalue weighted by atomic mass is 32.3. The standard InChI is InChI=1S/C6H14FNO2S/c1-6(11(7,9)10)4-5-8(2)3/h6H,4-5H2,1-3H3. The summed E-state index contributed by atoms with van der Waals surface area (Å²) < 4.78 is 32.7. The van der Waals surface area contributed by atoms with Crippen LogP contribution in [0.2, 0.25) is 0 Å². The highest BCUT2D eigenvalue weighted by Gasteiger charge is 2.18. The average Bonchev–Trinajstić information content (AvgIpc) is 1.80. The van der Waals surface area contributed by atoms with Crippen molar-refractivity contribution >= 4 is 10.2 Å². The normalized spacial score (nSPS) is 15.4. The predicted octanol–water partition coefficient (Wildman–Crippen LogP) is 0.626. The van der Waals surface area contributed by atoms with Gasteiger partial charge in [0.15, 0.2) is 0 Å². The van der Waals surface area contributed by atoms with Crippen molar-refractivity contribution in [3.63, 3.8) is 0 Å². The minimum absolute atomic E-state index is 0.339. The smallest absolute Gasteiger partial charge is 0.305 e. The Labute approximate surface area is 67.4 Å². The van der Waals surface area contributed by atoms with Gasteiger partial charge in [0.05, 0.1) is 5.25 Å². The molecule has 0 radical (unpaired) electrons. The van der Waals surface area contributed by atoms with Gasteiger partial charge in [0.1, 0.15) is 0 Å². The molecule has 0 aromatic carbocycles. The van der Waals surface area contributed by atoms with Crippen molar-refractivity contribution in [3.8, 4) is 0 Å². The Morgan fingerprint density at radius 1 is 1.45 bits per heavy atom. The maximum absolute atomic E-state index is 12.2. The lowest BCUT2D eigenvalue weighted by molar-refractivity contribution is 0.394. The summed E-state index contributed by atoms with van der Waals surface area (Å²) in [5.41, 5.74) is 0. The van der Waals surface area contributed by atoms with Gasteiger partial charge in [-0.25, -0.2) is 0 Å². The lowest BCUT2D eigenvalue weighted by Gasteiger charge is -2.11. The monoisotopic (exact) mass is 183 g/mol. The van der Waals surface area contributed by atoms with Crippen molar-refractivity contribution < 1.29 is 12.3 Å². The van der Waals surface area contributed by atoms with E-state index in [4.69, 9.17) is 0 Å². The molecule has 0 aromatic heterocycles. The van der Waals surface area contributed by atoms with E-state index in [1.807, 2.05) is 19.0 Å². The van der Waals surface area contributed by atoms with Crippen LogP contribution in [0.15, 0.2) is 0 Å². The average molecular weight is 183 g/mol. The Kier molecular flexibility index (Phi) is 3.96. The third kappa shape index (κ3) is 5.15. The van der Waals surface area contributed by atoms with Crippen molar-refractivity contribution in [1.82, 2.24) is 4.90 Å². The van der Waals surface area contributed by atoms with Crippen molar-refractivity contribution in [1.29, 1.82) is 0 Å². The zero-order chi connectivity index (χ0) is 9.07. The first kappa shape index (κ1) is 10.8. The Morgan fingerprint density at radius 2 is 1.91 bits per heavy atom. The van der Waals surface area contributed by atoms with E-state index < -0.39 is 15.5 Å². The van der Waals surface area contributed by atoms with Crippen LogP contribution in [-0.4, -0.2) is 39.2 Å². The van der Waals surface area contributed by atoms with Crippen LogP contribution in [0, 0.1) is 0 Å². The topological polar surface area (TPSA) is 37.4 Å². The zero-order valence-corrected chi connectivity index (χ0v) is 7.86. The molecule has 0 fully saturated rings. The van der Waals surface area contributed by atoms with Crippen LogP contribution in [0.5, 0.6) is 0 Å². The van der Waals surface area contributed by atoms with E-state index in [2.05, 4.69) is 0 Å². The number of hydrogen-bond acceptors (Lipinski definition) is 3. The fraction of sp³-hybridized carbons (Fsp3) is 1.00. The quantitative estimate of drug-likeness (QED) is 0.600. The molecule has 1 atom stereocenters. The maximum Gasteiger partial charge on any atom is 0.305 e. The van der Waals surface area contributed by atoms with Crippen LogP contribution < -0.4 is 0 Å². The fourth-order valence-corrected chi connectivity index (χ4v) is 0.968. The van der Waals surface area contributed by atoms with E-state index in [0.29, 0.717) is 13.0 Å². The molecule has 0 spiro atoms. The van der Waals surface area contributed by atoms with Gasteiger partial charge in [-0.2, -0.15) is 8.42 Å². The number of nitrogens with zero attached hydrogens (tertiary/aromatic N) is 1. The van der Waals surface area contributed by atoms with E-state index in [-0.39, 0.29) is 0 Å². The molecular formula is C6H14FNO2S. The van der Waals surface area contributed by atoms with E-state index >= 15 is 0 Å². The molecule has 0 saturated carbocycles. The fourth-order valence-electron chi connectivity index (χ4n) is 0.581. The van der Waals surface area contributed by atoms with E-state index in [1.54, 1.807) is 0 Å². The van der Waals surface area contributed by atoms with Crippen LogP contribution in [0.4, 0.5) is 3.89 Å². The first-order chi connectivity index (χ1) is 4.84. The number of hydrogen-bond donors (Lipinski definition) is 0. The van der Waals surface area contributed by atoms with E-state index in [1.165, 1.54) is 6.92 Å². The maximum atomic E-state index is 12.2. The number of halogens is 1. The Hall–Kier alpha value is -0.160. The summed E-state index contributed by atoms with van der Waals surface area (Å²) in [4.78, 5) is 1.82. The van der Waals surface area contributed by atoms with Crippen LogP contribution in [0.25, 0.3) is 0 Å². The second kappa shape index (κ2) is 4.01. The second-order valence-electron chi connectivity index (χ2n) is 2.88. The summed E-state index contributed by atoms with van der Waals surface area (Å²) in [6, 6.07) is 0. The molecule has 0 aliphatic heterocycles. The first-order valence-corrected chi connectivity index (χ1v) is 4.87. The molecule has 5 heteroatoms. The Balaban J connectivity index is 3.81. The molecule has 0 aromatic rings. The molecule has 0 amide bonds.